The van der Waals surface area contributed by atoms with Gasteiger partial charge in [-0.05, 0) is 63.9 Å². The Hall–Kier alpha value is -2.11. The molecule has 2 atom stereocenters. The van der Waals surface area contributed by atoms with Crippen LogP contribution in [0.25, 0.3) is 0 Å². The fraction of sp³-hybridized carbons (Fsp3) is 0.600. The Bertz CT molecular complexity index is 831. The van der Waals surface area contributed by atoms with Gasteiger partial charge in [0.1, 0.15) is 0 Å². The highest BCUT2D eigenvalue weighted by Crippen LogP contribution is 2.30. The van der Waals surface area contributed by atoms with Crippen LogP contribution in [0.2, 0.25) is 0 Å². The van der Waals surface area contributed by atoms with Crippen molar-refractivity contribution >= 4 is 15.9 Å². The number of benzene rings is 1. The van der Waals surface area contributed by atoms with Crippen LogP contribution in [0.3, 0.4) is 0 Å². The van der Waals surface area contributed by atoms with E-state index in [0.717, 1.165) is 19.4 Å². The van der Waals surface area contributed by atoms with Crippen LogP contribution < -0.4 is 5.32 Å². The molecule has 28 heavy (non-hydrogen) atoms. The number of hydrogen-bond donors (Lipinski definition) is 1. The summed E-state index contributed by atoms with van der Waals surface area (Å²) in [6.45, 7) is 6.05. The highest BCUT2D eigenvalue weighted by molar-refractivity contribution is 7.91. The van der Waals surface area contributed by atoms with E-state index in [0.29, 0.717) is 37.2 Å². The molecule has 2 amide bonds. The van der Waals surface area contributed by atoms with Gasteiger partial charge in [-0.3, -0.25) is 4.90 Å². The van der Waals surface area contributed by atoms with Gasteiger partial charge in [-0.15, -0.1) is 0 Å². The van der Waals surface area contributed by atoms with Gasteiger partial charge in [-0.2, -0.15) is 5.26 Å². The van der Waals surface area contributed by atoms with Crippen molar-refractivity contribution in [1.82, 2.24) is 15.1 Å². The molecule has 2 aliphatic heterocycles. The summed E-state index contributed by atoms with van der Waals surface area (Å²) in [4.78, 5) is 16.8. The third-order valence-electron chi connectivity index (χ3n) is 5.50. The molecule has 2 bridgehead atoms. The number of rotatable bonds is 6. The number of nitrogens with one attached hydrogen (secondary N) is 1. The van der Waals surface area contributed by atoms with E-state index in [-0.39, 0.29) is 22.7 Å². The van der Waals surface area contributed by atoms with Gasteiger partial charge in [0, 0.05) is 31.2 Å². The van der Waals surface area contributed by atoms with Crippen molar-refractivity contribution in [3.63, 3.8) is 0 Å². The first-order valence-corrected chi connectivity index (χ1v) is 11.5. The molecule has 2 heterocycles. The normalized spacial score (nSPS) is 22.3. The van der Waals surface area contributed by atoms with Gasteiger partial charge in [0.2, 0.25) is 0 Å². The van der Waals surface area contributed by atoms with E-state index >= 15 is 0 Å². The van der Waals surface area contributed by atoms with Crippen LogP contribution in [0.5, 0.6) is 0 Å². The number of carbonyl (C=O) groups excluding carboxylic acids is 1. The number of hydrogen-bond acceptors (Lipinski definition) is 5. The van der Waals surface area contributed by atoms with Crippen LogP contribution in [0, 0.1) is 11.3 Å². The second-order valence-corrected chi connectivity index (χ2v) is 10.0. The topological polar surface area (TPSA) is 93.5 Å². The molecule has 1 N–H and O–H groups in total. The van der Waals surface area contributed by atoms with E-state index in [1.807, 2.05) is 24.8 Å². The van der Waals surface area contributed by atoms with Crippen LogP contribution in [-0.2, 0) is 9.84 Å². The van der Waals surface area contributed by atoms with Crippen molar-refractivity contribution in [3.05, 3.63) is 29.8 Å². The average molecular weight is 405 g/mol. The molecule has 0 spiro atoms. The number of piperazine rings is 1. The van der Waals surface area contributed by atoms with Gasteiger partial charge in [0.05, 0.1) is 22.3 Å². The molecule has 0 aliphatic carbocycles. The van der Waals surface area contributed by atoms with Gasteiger partial charge >= 0.3 is 6.03 Å². The summed E-state index contributed by atoms with van der Waals surface area (Å²) >= 11 is 0. The third-order valence-corrected chi connectivity index (χ3v) is 7.32. The van der Waals surface area contributed by atoms with Crippen molar-refractivity contribution in [2.24, 2.45) is 0 Å². The van der Waals surface area contributed by atoms with E-state index in [4.69, 9.17) is 5.26 Å². The molecular weight excluding hydrogens is 376 g/mol. The first-order chi connectivity index (χ1) is 13.3. The molecule has 1 aromatic carbocycles. The molecule has 152 valence electrons. The number of urea groups is 1. The van der Waals surface area contributed by atoms with E-state index < -0.39 is 9.84 Å². The molecule has 0 radical (unpaired) electrons. The zero-order valence-corrected chi connectivity index (χ0v) is 17.3. The van der Waals surface area contributed by atoms with Gasteiger partial charge < -0.3 is 10.2 Å². The number of nitriles is 1. The lowest BCUT2D eigenvalue weighted by molar-refractivity contribution is 0.0823. The van der Waals surface area contributed by atoms with Gasteiger partial charge in [0.15, 0.2) is 9.84 Å². The fourth-order valence-corrected chi connectivity index (χ4v) is 5.45. The Balaban J connectivity index is 1.53. The standard InChI is InChI=1S/C20H28N4O3S/c1-15(2)22-20(25)23-13-17-6-7-18(14-23)24(17)10-3-11-28(26,27)19-8-4-16(12-21)5-9-19/h4-5,8-9,15,17-18H,3,6-7,10-11,13-14H2,1-2H3,(H,22,25). The average Bonchev–Trinajstić information content (AvgIpc) is 2.88. The first kappa shape index (κ1) is 20.6. The molecular formula is C20H28N4O3S. The number of carbonyl (C=O) groups is 1. The van der Waals surface area contributed by atoms with Crippen molar-refractivity contribution in [3.8, 4) is 6.07 Å². The Morgan fingerprint density at radius 1 is 1.21 bits per heavy atom. The van der Waals surface area contributed by atoms with Gasteiger partial charge in [-0.25, -0.2) is 13.2 Å². The smallest absolute Gasteiger partial charge is 0.317 e. The zero-order chi connectivity index (χ0) is 20.3. The molecule has 0 saturated carbocycles. The molecule has 2 fully saturated rings. The zero-order valence-electron chi connectivity index (χ0n) is 16.5. The Kier molecular flexibility index (Phi) is 6.26. The highest BCUT2D eigenvalue weighted by Gasteiger charge is 2.41. The predicted octanol–water partition coefficient (Wildman–Crippen LogP) is 1.99. The maximum absolute atomic E-state index is 12.5. The van der Waals surface area contributed by atoms with Gasteiger partial charge in [0.25, 0.3) is 0 Å². The van der Waals surface area contributed by atoms with Crippen molar-refractivity contribution in [1.29, 1.82) is 5.26 Å². The number of fused-ring (bicyclic) bond motifs is 2. The molecule has 3 rings (SSSR count). The van der Waals surface area contributed by atoms with E-state index in [2.05, 4.69) is 10.2 Å². The Morgan fingerprint density at radius 2 is 1.82 bits per heavy atom. The summed E-state index contributed by atoms with van der Waals surface area (Å²) in [6.07, 6.45) is 2.67. The van der Waals surface area contributed by atoms with Crippen molar-refractivity contribution in [2.75, 3.05) is 25.4 Å². The molecule has 7 nitrogen and oxygen atoms in total. The highest BCUT2D eigenvalue weighted by atomic mass is 32.2. The van der Waals surface area contributed by atoms with Crippen LogP contribution in [0.15, 0.2) is 29.2 Å². The molecule has 2 aliphatic rings. The molecule has 0 aromatic heterocycles. The minimum atomic E-state index is -3.35. The number of nitrogens with zero attached hydrogens (tertiary/aromatic N) is 3. The fourth-order valence-electron chi connectivity index (χ4n) is 4.15. The quantitative estimate of drug-likeness (QED) is 0.783. The predicted molar refractivity (Wildman–Crippen MR) is 107 cm³/mol. The summed E-state index contributed by atoms with van der Waals surface area (Å²) < 4.78 is 25.1. The number of amides is 2. The lowest BCUT2D eigenvalue weighted by Crippen LogP contribution is -2.58. The summed E-state index contributed by atoms with van der Waals surface area (Å²) in [5, 5.41) is 11.8. The van der Waals surface area contributed by atoms with Crippen LogP contribution in [0.4, 0.5) is 4.79 Å². The SMILES string of the molecule is CC(C)NC(=O)N1CC2CCC(C1)N2CCCS(=O)(=O)c1ccc(C#N)cc1. The number of sulfone groups is 1. The monoisotopic (exact) mass is 404 g/mol. The lowest BCUT2D eigenvalue weighted by atomic mass is 10.2. The molecule has 8 heteroatoms. The van der Waals surface area contributed by atoms with Crippen molar-refractivity contribution < 1.29 is 13.2 Å². The second-order valence-electron chi connectivity index (χ2n) is 7.94. The molecule has 2 saturated heterocycles. The summed E-state index contributed by atoms with van der Waals surface area (Å²) in [5.41, 5.74) is 0.454. The Morgan fingerprint density at radius 3 is 2.36 bits per heavy atom. The van der Waals surface area contributed by atoms with Crippen LogP contribution in [-0.4, -0.2) is 67.8 Å². The lowest BCUT2D eigenvalue weighted by Gasteiger charge is -2.41. The minimum Gasteiger partial charge on any atom is -0.336 e. The third kappa shape index (κ3) is 4.65. The summed E-state index contributed by atoms with van der Waals surface area (Å²) in [5.74, 6) is 0.0897. The van der Waals surface area contributed by atoms with Crippen molar-refractivity contribution in [2.45, 2.75) is 56.1 Å². The van der Waals surface area contributed by atoms with Crippen LogP contribution >= 0.6 is 0 Å². The second kappa shape index (κ2) is 8.50. The Labute approximate surface area is 167 Å². The molecule has 2 unspecified atom stereocenters. The largest absolute Gasteiger partial charge is 0.336 e. The maximum Gasteiger partial charge on any atom is 0.317 e. The number of likely N-dealkylation sites (tertiary alicyclic amines) is 1. The first-order valence-electron chi connectivity index (χ1n) is 9.84. The van der Waals surface area contributed by atoms with E-state index in [1.54, 1.807) is 0 Å². The molecule has 1 aromatic rings. The summed E-state index contributed by atoms with van der Waals surface area (Å²) in [6, 6.07) is 8.82. The van der Waals surface area contributed by atoms with E-state index in [9.17, 15) is 13.2 Å². The van der Waals surface area contributed by atoms with Crippen LogP contribution in [0.1, 0.15) is 38.7 Å². The van der Waals surface area contributed by atoms with E-state index in [1.165, 1.54) is 24.3 Å². The maximum atomic E-state index is 12.5. The van der Waals surface area contributed by atoms with Gasteiger partial charge in [-0.1, -0.05) is 0 Å². The summed E-state index contributed by atoms with van der Waals surface area (Å²) in [7, 11) is -3.35. The minimum absolute atomic E-state index is 0.00468.